The van der Waals surface area contributed by atoms with Crippen molar-refractivity contribution in [2.45, 2.75) is 51.4 Å². The van der Waals surface area contributed by atoms with Crippen molar-refractivity contribution in [3.63, 3.8) is 0 Å². The van der Waals surface area contributed by atoms with Gasteiger partial charge in [0.25, 0.3) is 0 Å². The van der Waals surface area contributed by atoms with Crippen molar-refractivity contribution in [3.8, 4) is 5.75 Å². The van der Waals surface area contributed by atoms with Crippen molar-refractivity contribution in [1.29, 1.82) is 0 Å². The first-order chi connectivity index (χ1) is 9.09. The molecule has 0 bridgehead atoms. The lowest BCUT2D eigenvalue weighted by Gasteiger charge is -2.15. The first-order valence-corrected chi connectivity index (χ1v) is 7.21. The Balaban J connectivity index is 2.28. The van der Waals surface area contributed by atoms with Crippen LogP contribution >= 0.6 is 11.6 Å². The molecule has 0 atom stereocenters. The number of halogens is 1. The predicted molar refractivity (Wildman–Crippen MR) is 74.9 cm³/mol. The van der Waals surface area contributed by atoms with Crippen LogP contribution in [0.5, 0.6) is 5.75 Å². The maximum absolute atomic E-state index is 10.6. The molecule has 0 saturated carbocycles. The molecule has 19 heavy (non-hydrogen) atoms. The Morgan fingerprint density at radius 2 is 2.00 bits per heavy atom. The quantitative estimate of drug-likeness (QED) is 0.828. The van der Waals surface area contributed by atoms with Crippen molar-refractivity contribution < 1.29 is 15.0 Å². The number of phenolic OH excluding ortho intramolecular Hbond substituents is 1. The normalized spacial score (nSPS) is 14.8. The Morgan fingerprint density at radius 1 is 1.26 bits per heavy atom. The van der Waals surface area contributed by atoms with Crippen LogP contribution in [0.4, 0.5) is 0 Å². The van der Waals surface area contributed by atoms with E-state index in [0.29, 0.717) is 17.9 Å². The van der Waals surface area contributed by atoms with Gasteiger partial charge in [0.1, 0.15) is 5.75 Å². The summed E-state index contributed by atoms with van der Waals surface area (Å²) in [5, 5.41) is 19.2. The van der Waals surface area contributed by atoms with E-state index < -0.39 is 5.97 Å². The fourth-order valence-electron chi connectivity index (χ4n) is 2.80. The Morgan fingerprint density at radius 3 is 2.74 bits per heavy atom. The summed E-state index contributed by atoms with van der Waals surface area (Å²) < 4.78 is 0. The minimum Gasteiger partial charge on any atom is -0.506 e. The molecule has 2 rings (SSSR count). The van der Waals surface area contributed by atoms with Crippen molar-refractivity contribution >= 4 is 17.6 Å². The summed E-state index contributed by atoms with van der Waals surface area (Å²) in [6.45, 7) is 0. The van der Waals surface area contributed by atoms with Crippen LogP contribution < -0.4 is 0 Å². The number of aliphatic carboxylic acids is 1. The van der Waals surface area contributed by atoms with Gasteiger partial charge in [-0.1, -0.05) is 18.0 Å². The lowest BCUT2D eigenvalue weighted by Crippen LogP contribution is -2.02. The first kappa shape index (κ1) is 14.2. The molecular weight excluding hydrogens is 264 g/mol. The number of carboxylic acid groups (broad SMARTS) is 1. The number of aromatic hydroxyl groups is 1. The van der Waals surface area contributed by atoms with Crippen molar-refractivity contribution in [1.82, 2.24) is 0 Å². The third-order valence-electron chi connectivity index (χ3n) is 3.76. The van der Waals surface area contributed by atoms with E-state index >= 15 is 0 Å². The molecule has 2 N–H and O–H groups in total. The molecule has 0 aromatic heterocycles. The first-order valence-electron chi connectivity index (χ1n) is 6.83. The molecular formula is C15H19ClO3. The molecule has 3 nitrogen and oxygen atoms in total. The highest BCUT2D eigenvalue weighted by atomic mass is 35.5. The number of benzene rings is 1. The summed E-state index contributed by atoms with van der Waals surface area (Å²) in [6.07, 6.45) is 6.69. The van der Waals surface area contributed by atoms with Gasteiger partial charge in [0.05, 0.1) is 5.02 Å². The van der Waals surface area contributed by atoms with Crippen LogP contribution in [-0.2, 0) is 24.1 Å². The van der Waals surface area contributed by atoms with E-state index in [2.05, 4.69) is 0 Å². The van der Waals surface area contributed by atoms with Crippen LogP contribution in [0, 0.1) is 0 Å². The average Bonchev–Trinajstić information content (AvgIpc) is 2.58. The van der Waals surface area contributed by atoms with E-state index in [4.69, 9.17) is 16.7 Å². The maximum Gasteiger partial charge on any atom is 0.303 e. The fourth-order valence-corrected chi connectivity index (χ4v) is 3.05. The second kappa shape index (κ2) is 6.29. The summed E-state index contributed by atoms with van der Waals surface area (Å²) >= 11 is 6.08. The second-order valence-electron chi connectivity index (χ2n) is 5.13. The van der Waals surface area contributed by atoms with Gasteiger partial charge in [0.2, 0.25) is 0 Å². The van der Waals surface area contributed by atoms with E-state index in [1.165, 1.54) is 17.5 Å². The number of phenols is 1. The zero-order chi connectivity index (χ0) is 13.8. The highest BCUT2D eigenvalue weighted by molar-refractivity contribution is 6.32. The maximum atomic E-state index is 10.6. The van der Waals surface area contributed by atoms with E-state index in [1.54, 1.807) is 0 Å². The van der Waals surface area contributed by atoms with Gasteiger partial charge < -0.3 is 10.2 Å². The third-order valence-corrected chi connectivity index (χ3v) is 4.04. The van der Waals surface area contributed by atoms with Gasteiger partial charge in [-0.15, -0.1) is 0 Å². The van der Waals surface area contributed by atoms with Gasteiger partial charge >= 0.3 is 5.97 Å². The van der Waals surface area contributed by atoms with Crippen LogP contribution in [0.1, 0.15) is 48.8 Å². The predicted octanol–water partition coefficient (Wildman–Crippen LogP) is 3.72. The lowest BCUT2D eigenvalue weighted by atomic mass is 9.93. The highest BCUT2D eigenvalue weighted by Gasteiger charge is 2.18. The summed E-state index contributed by atoms with van der Waals surface area (Å²) in [6, 6.07) is 1.87. The summed E-state index contributed by atoms with van der Waals surface area (Å²) in [5.74, 6) is -0.652. The van der Waals surface area contributed by atoms with Gasteiger partial charge in [0, 0.05) is 6.42 Å². The summed E-state index contributed by atoms with van der Waals surface area (Å²) in [4.78, 5) is 10.6. The van der Waals surface area contributed by atoms with Crippen LogP contribution in [-0.4, -0.2) is 16.2 Å². The Hall–Kier alpha value is -1.22. The molecule has 1 aliphatic carbocycles. The van der Waals surface area contributed by atoms with E-state index in [0.717, 1.165) is 31.2 Å². The molecule has 0 radical (unpaired) electrons. The minimum absolute atomic E-state index is 0.126. The monoisotopic (exact) mass is 282 g/mol. The molecule has 0 aliphatic heterocycles. The Bertz CT molecular complexity index is 483. The molecule has 0 saturated heterocycles. The Kier molecular flexibility index (Phi) is 4.70. The third kappa shape index (κ3) is 3.41. The standard InChI is InChI=1S/C15H19ClO3/c16-13-9-10-5-2-1-3-6-11(10)12(15(13)19)7-4-8-14(17)18/h9,19H,1-8H2,(H,17,18). The molecule has 1 aliphatic rings. The second-order valence-corrected chi connectivity index (χ2v) is 5.54. The molecule has 104 valence electrons. The topological polar surface area (TPSA) is 57.5 Å². The molecule has 1 aromatic carbocycles. The molecule has 0 heterocycles. The van der Waals surface area contributed by atoms with Crippen LogP contribution in [0.15, 0.2) is 6.07 Å². The smallest absolute Gasteiger partial charge is 0.303 e. The highest BCUT2D eigenvalue weighted by Crippen LogP contribution is 2.36. The summed E-state index contributed by atoms with van der Waals surface area (Å²) in [7, 11) is 0. The number of hydrogen-bond donors (Lipinski definition) is 2. The van der Waals surface area contributed by atoms with Crippen LogP contribution in [0.3, 0.4) is 0 Å². The van der Waals surface area contributed by atoms with Crippen molar-refractivity contribution in [2.24, 2.45) is 0 Å². The summed E-state index contributed by atoms with van der Waals surface area (Å²) in [5.41, 5.74) is 3.29. The van der Waals surface area contributed by atoms with Gasteiger partial charge in [-0.25, -0.2) is 0 Å². The SMILES string of the molecule is O=C(O)CCCc1c(O)c(Cl)cc2c1CCCCC2. The average molecular weight is 283 g/mol. The number of carbonyl (C=O) groups is 1. The zero-order valence-corrected chi connectivity index (χ0v) is 11.7. The van der Waals surface area contributed by atoms with Gasteiger partial charge in [-0.05, 0) is 61.3 Å². The van der Waals surface area contributed by atoms with Crippen molar-refractivity contribution in [3.05, 3.63) is 27.8 Å². The van der Waals surface area contributed by atoms with E-state index in [-0.39, 0.29) is 12.2 Å². The molecule has 1 aromatic rings. The van der Waals surface area contributed by atoms with Crippen molar-refractivity contribution in [2.75, 3.05) is 0 Å². The molecule has 0 fully saturated rings. The number of carboxylic acids is 1. The molecule has 0 spiro atoms. The van der Waals surface area contributed by atoms with Gasteiger partial charge in [0.15, 0.2) is 0 Å². The fraction of sp³-hybridized carbons (Fsp3) is 0.533. The molecule has 0 unspecified atom stereocenters. The lowest BCUT2D eigenvalue weighted by molar-refractivity contribution is -0.137. The molecule has 0 amide bonds. The van der Waals surface area contributed by atoms with Gasteiger partial charge in [-0.2, -0.15) is 0 Å². The number of rotatable bonds is 4. The minimum atomic E-state index is -0.799. The number of hydrogen-bond acceptors (Lipinski definition) is 2. The zero-order valence-electron chi connectivity index (χ0n) is 10.9. The van der Waals surface area contributed by atoms with E-state index in [9.17, 15) is 9.90 Å². The Labute approximate surface area is 118 Å². The van der Waals surface area contributed by atoms with Gasteiger partial charge in [-0.3, -0.25) is 4.79 Å². The van der Waals surface area contributed by atoms with Crippen LogP contribution in [0.25, 0.3) is 0 Å². The molecule has 4 heteroatoms. The number of fused-ring (bicyclic) bond motifs is 1. The van der Waals surface area contributed by atoms with Crippen LogP contribution in [0.2, 0.25) is 5.02 Å². The number of aryl methyl sites for hydroxylation is 1. The largest absolute Gasteiger partial charge is 0.506 e. The van der Waals surface area contributed by atoms with E-state index in [1.807, 2.05) is 6.07 Å².